The van der Waals surface area contributed by atoms with Crippen molar-refractivity contribution in [2.24, 2.45) is 0 Å². The van der Waals surface area contributed by atoms with Crippen molar-refractivity contribution >= 4 is 16.8 Å². The maximum absolute atomic E-state index is 14.4. The van der Waals surface area contributed by atoms with Crippen LogP contribution >= 0.6 is 0 Å². The van der Waals surface area contributed by atoms with E-state index >= 15 is 0 Å². The summed E-state index contributed by atoms with van der Waals surface area (Å²) in [6, 6.07) is 8.34. The number of aromatic nitrogens is 1. The second kappa shape index (κ2) is 7.34. The number of carbonyl (C=O) groups is 1. The normalized spacial score (nSPS) is 19.7. The predicted octanol–water partition coefficient (Wildman–Crippen LogP) is 5.41. The van der Waals surface area contributed by atoms with E-state index in [1.165, 1.54) is 25.1 Å². The van der Waals surface area contributed by atoms with Crippen molar-refractivity contribution in [1.82, 2.24) is 10.3 Å². The van der Waals surface area contributed by atoms with Gasteiger partial charge in [0.15, 0.2) is 0 Å². The number of H-pyrrole nitrogens is 1. The minimum atomic E-state index is -0.642. The topological polar surface area (TPSA) is 44.9 Å². The second-order valence-electron chi connectivity index (χ2n) is 7.48. The molecule has 146 valence electrons. The lowest BCUT2D eigenvalue weighted by molar-refractivity contribution is -0.119. The minimum Gasteiger partial charge on any atom is -0.354 e. The molecule has 0 bridgehead atoms. The van der Waals surface area contributed by atoms with E-state index in [4.69, 9.17) is 0 Å². The average Bonchev–Trinajstić information content (AvgIpc) is 3.02. The fourth-order valence-electron chi connectivity index (χ4n) is 4.32. The van der Waals surface area contributed by atoms with Gasteiger partial charge in [0.05, 0.1) is 11.2 Å². The molecule has 4 rings (SSSR count). The van der Waals surface area contributed by atoms with Gasteiger partial charge in [0.25, 0.3) is 0 Å². The summed E-state index contributed by atoms with van der Waals surface area (Å²) in [5.74, 6) is -1.57. The maximum atomic E-state index is 14.4. The molecule has 1 aliphatic carbocycles. The summed E-state index contributed by atoms with van der Waals surface area (Å²) in [7, 11) is 0. The summed E-state index contributed by atoms with van der Waals surface area (Å²) in [5.41, 5.74) is 2.56. The zero-order valence-corrected chi connectivity index (χ0v) is 15.5. The Morgan fingerprint density at radius 3 is 2.32 bits per heavy atom. The van der Waals surface area contributed by atoms with Gasteiger partial charge in [0, 0.05) is 24.4 Å². The van der Waals surface area contributed by atoms with Gasteiger partial charge in [0.2, 0.25) is 5.91 Å². The first-order valence-electron chi connectivity index (χ1n) is 9.46. The molecule has 28 heavy (non-hydrogen) atoms. The van der Waals surface area contributed by atoms with Crippen molar-refractivity contribution in [3.63, 3.8) is 0 Å². The molecule has 0 radical (unpaired) electrons. The molecule has 0 saturated heterocycles. The number of fused-ring (bicyclic) bond motifs is 1. The van der Waals surface area contributed by atoms with E-state index in [0.29, 0.717) is 11.1 Å². The second-order valence-corrected chi connectivity index (χ2v) is 7.48. The number of benzene rings is 2. The first kappa shape index (κ1) is 18.6. The third-order valence-corrected chi connectivity index (χ3v) is 5.54. The molecule has 0 aliphatic heterocycles. The van der Waals surface area contributed by atoms with Crippen LogP contribution in [0.5, 0.6) is 0 Å². The van der Waals surface area contributed by atoms with E-state index in [9.17, 15) is 18.0 Å². The molecule has 3 nitrogen and oxygen atoms in total. The van der Waals surface area contributed by atoms with E-state index in [0.717, 1.165) is 42.9 Å². The molecule has 1 aliphatic rings. The fraction of sp³-hybridized carbons (Fsp3) is 0.318. The van der Waals surface area contributed by atoms with E-state index in [2.05, 4.69) is 10.3 Å². The van der Waals surface area contributed by atoms with Gasteiger partial charge in [-0.2, -0.15) is 0 Å². The Labute approximate surface area is 161 Å². The molecular formula is C22H21F3N2O. The summed E-state index contributed by atoms with van der Waals surface area (Å²) in [6.07, 6.45) is 3.20. The molecule has 1 amide bonds. The maximum Gasteiger partial charge on any atom is 0.217 e. The summed E-state index contributed by atoms with van der Waals surface area (Å²) in [5, 5.41) is 3.47. The number of rotatable bonds is 3. The van der Waals surface area contributed by atoms with E-state index in [1.807, 2.05) is 0 Å². The summed E-state index contributed by atoms with van der Waals surface area (Å²) >= 11 is 0. The smallest absolute Gasteiger partial charge is 0.217 e. The largest absolute Gasteiger partial charge is 0.354 e. The number of hydrogen-bond donors (Lipinski definition) is 2. The van der Waals surface area contributed by atoms with Crippen LogP contribution in [0.15, 0.2) is 36.4 Å². The number of amides is 1. The van der Waals surface area contributed by atoms with Gasteiger partial charge in [-0.3, -0.25) is 4.79 Å². The van der Waals surface area contributed by atoms with Gasteiger partial charge in [-0.15, -0.1) is 0 Å². The molecule has 1 saturated carbocycles. The standard InChI is InChI=1S/C22H21F3N2O/c1-12(28)26-17-8-4-13(5-9-17)20-18-10-16(24)11-19(25)22(18)27-21(20)14-2-6-15(23)7-3-14/h2-3,6-7,10-11,13,17,27H,4-5,8-9H2,1H3,(H,26,28). The number of hydrogen-bond acceptors (Lipinski definition) is 1. The molecule has 1 heterocycles. The van der Waals surface area contributed by atoms with E-state index in [1.54, 1.807) is 12.1 Å². The lowest BCUT2D eigenvalue weighted by atomic mass is 9.80. The molecule has 1 aromatic heterocycles. The molecule has 0 atom stereocenters. The van der Waals surface area contributed by atoms with Crippen molar-refractivity contribution in [3.05, 3.63) is 59.4 Å². The van der Waals surface area contributed by atoms with Crippen LogP contribution < -0.4 is 5.32 Å². The van der Waals surface area contributed by atoms with Crippen molar-refractivity contribution < 1.29 is 18.0 Å². The quantitative estimate of drug-likeness (QED) is 0.621. The van der Waals surface area contributed by atoms with Crippen molar-refractivity contribution in [1.29, 1.82) is 0 Å². The zero-order chi connectivity index (χ0) is 19.8. The molecule has 3 aromatic rings. The van der Waals surface area contributed by atoms with Gasteiger partial charge in [0.1, 0.15) is 17.5 Å². The first-order chi connectivity index (χ1) is 13.4. The van der Waals surface area contributed by atoms with Crippen LogP contribution in [0, 0.1) is 17.5 Å². The Morgan fingerprint density at radius 1 is 1.00 bits per heavy atom. The third-order valence-electron chi connectivity index (χ3n) is 5.54. The Hall–Kier alpha value is -2.76. The lowest BCUT2D eigenvalue weighted by Crippen LogP contribution is -2.35. The number of nitrogens with one attached hydrogen (secondary N) is 2. The minimum absolute atomic E-state index is 0.0494. The highest BCUT2D eigenvalue weighted by atomic mass is 19.1. The summed E-state index contributed by atoms with van der Waals surface area (Å²) in [4.78, 5) is 14.4. The molecule has 2 N–H and O–H groups in total. The predicted molar refractivity (Wildman–Crippen MR) is 102 cm³/mol. The Kier molecular flexibility index (Phi) is 4.87. The van der Waals surface area contributed by atoms with Crippen LogP contribution in [-0.2, 0) is 4.79 Å². The number of halogens is 3. The van der Waals surface area contributed by atoms with Gasteiger partial charge < -0.3 is 10.3 Å². The molecule has 0 spiro atoms. The molecular weight excluding hydrogens is 365 g/mol. The van der Waals surface area contributed by atoms with Gasteiger partial charge in [-0.05, 0) is 73.1 Å². The number of aromatic amines is 1. The summed E-state index contributed by atoms with van der Waals surface area (Å²) < 4.78 is 41.8. The monoisotopic (exact) mass is 386 g/mol. The molecule has 6 heteroatoms. The van der Waals surface area contributed by atoms with Crippen molar-refractivity contribution in [2.75, 3.05) is 0 Å². The van der Waals surface area contributed by atoms with Crippen molar-refractivity contribution in [3.8, 4) is 11.3 Å². The highest BCUT2D eigenvalue weighted by Crippen LogP contribution is 2.43. The molecule has 0 unspecified atom stereocenters. The van der Waals surface area contributed by atoms with Crippen LogP contribution in [0.3, 0.4) is 0 Å². The highest BCUT2D eigenvalue weighted by molar-refractivity contribution is 5.92. The fourth-order valence-corrected chi connectivity index (χ4v) is 4.32. The summed E-state index contributed by atoms with van der Waals surface area (Å²) in [6.45, 7) is 1.50. The van der Waals surface area contributed by atoms with Gasteiger partial charge in [-0.25, -0.2) is 13.2 Å². The van der Waals surface area contributed by atoms with Crippen LogP contribution in [0.2, 0.25) is 0 Å². The van der Waals surface area contributed by atoms with E-state index < -0.39 is 11.6 Å². The molecule has 1 fully saturated rings. The van der Waals surface area contributed by atoms with Gasteiger partial charge in [-0.1, -0.05) is 0 Å². The molecule has 2 aromatic carbocycles. The average molecular weight is 386 g/mol. The Balaban J connectivity index is 1.78. The van der Waals surface area contributed by atoms with Gasteiger partial charge >= 0.3 is 0 Å². The van der Waals surface area contributed by atoms with Crippen molar-refractivity contribution in [2.45, 2.75) is 44.6 Å². The zero-order valence-electron chi connectivity index (χ0n) is 15.5. The van der Waals surface area contributed by atoms with Crippen LogP contribution in [-0.4, -0.2) is 16.9 Å². The third kappa shape index (κ3) is 3.51. The lowest BCUT2D eigenvalue weighted by Gasteiger charge is -2.29. The van der Waals surface area contributed by atoms with Crippen LogP contribution in [0.1, 0.15) is 44.1 Å². The Morgan fingerprint density at radius 2 is 1.68 bits per heavy atom. The first-order valence-corrected chi connectivity index (χ1v) is 9.46. The van der Waals surface area contributed by atoms with Crippen LogP contribution in [0.25, 0.3) is 22.2 Å². The Bertz CT molecular complexity index is 1020. The number of carbonyl (C=O) groups excluding carboxylic acids is 1. The van der Waals surface area contributed by atoms with E-state index in [-0.39, 0.29) is 29.2 Å². The van der Waals surface area contributed by atoms with Crippen LogP contribution in [0.4, 0.5) is 13.2 Å². The highest BCUT2D eigenvalue weighted by Gasteiger charge is 2.28. The SMILES string of the molecule is CC(=O)NC1CCC(c2c(-c3ccc(F)cc3)[nH]c3c(F)cc(F)cc23)CC1.